The zero-order valence-electron chi connectivity index (χ0n) is 26.2. The number of likely N-dealkylation sites (tertiary alicyclic amines) is 1. The molecular weight excluding hydrogens is 675 g/mol. The van der Waals surface area contributed by atoms with Gasteiger partial charge in [0.15, 0.2) is 9.84 Å². The maximum Gasteiger partial charge on any atom is 0.322 e. The molecule has 0 unspecified atom stereocenters. The summed E-state index contributed by atoms with van der Waals surface area (Å²) in [6.45, 7) is 4.63. The highest BCUT2D eigenvalue weighted by Crippen LogP contribution is 2.31. The lowest BCUT2D eigenvalue weighted by atomic mass is 10.0. The molecule has 1 saturated heterocycles. The van der Waals surface area contributed by atoms with Crippen LogP contribution in [-0.4, -0.2) is 67.1 Å². The number of ether oxygens (including phenoxy) is 1. The second-order valence-corrected chi connectivity index (χ2v) is 13.8. The highest BCUT2D eigenvalue weighted by Gasteiger charge is 2.28. The quantitative estimate of drug-likeness (QED) is 0.197. The standard InChI is InChI=1S/C32H38ClF2N5O5S.ClH/c1-3-4-5-12-40(32(42)38-28-15-22(16-30(36)41)26(34)18-27(28)35)23-10-13-39(14-11-23)20-21-6-9-31(37-19-21)45-29-8-7-24(17-25(29)33)46(2,43)44;/h6-9,15,17-19,23H,3-5,10-14,16,20H2,1-2H3,(H2,36,41)(H,38,42);1H. The van der Waals surface area contributed by atoms with Gasteiger partial charge < -0.3 is 20.7 Å². The Bertz CT molecular complexity index is 1660. The first kappa shape index (κ1) is 37.9. The molecule has 2 heterocycles. The number of pyridine rings is 1. The van der Waals surface area contributed by atoms with Gasteiger partial charge in [-0.15, -0.1) is 12.4 Å². The molecule has 15 heteroatoms. The Hall–Kier alpha value is -3.52. The molecule has 1 aliphatic heterocycles. The van der Waals surface area contributed by atoms with Crippen molar-refractivity contribution in [3.8, 4) is 11.6 Å². The third kappa shape index (κ3) is 10.7. The molecule has 0 atom stereocenters. The number of benzene rings is 2. The van der Waals surface area contributed by atoms with Crippen LogP contribution in [0, 0.1) is 11.6 Å². The number of primary amides is 1. The first-order chi connectivity index (χ1) is 21.8. The number of nitrogens with zero attached hydrogens (tertiary/aromatic N) is 3. The lowest BCUT2D eigenvalue weighted by molar-refractivity contribution is -0.117. The van der Waals surface area contributed by atoms with Crippen LogP contribution in [0.15, 0.2) is 53.6 Å². The maximum absolute atomic E-state index is 14.6. The predicted molar refractivity (Wildman–Crippen MR) is 179 cm³/mol. The first-order valence-corrected chi connectivity index (χ1v) is 17.3. The summed E-state index contributed by atoms with van der Waals surface area (Å²) in [5, 5.41) is 2.74. The van der Waals surface area contributed by atoms with Crippen molar-refractivity contribution < 1.29 is 31.5 Å². The highest BCUT2D eigenvalue weighted by atomic mass is 35.5. The summed E-state index contributed by atoms with van der Waals surface area (Å²) in [6, 6.07) is 9.07. The summed E-state index contributed by atoms with van der Waals surface area (Å²) in [7, 11) is -3.39. The van der Waals surface area contributed by atoms with E-state index in [2.05, 4.69) is 22.1 Å². The van der Waals surface area contributed by atoms with E-state index >= 15 is 0 Å². The van der Waals surface area contributed by atoms with Crippen molar-refractivity contribution in [2.45, 2.75) is 62.9 Å². The van der Waals surface area contributed by atoms with Gasteiger partial charge in [0.05, 0.1) is 22.0 Å². The molecule has 3 amide bonds. The average molecular weight is 715 g/mol. The van der Waals surface area contributed by atoms with Gasteiger partial charge in [0.1, 0.15) is 17.4 Å². The Labute approximate surface area is 284 Å². The van der Waals surface area contributed by atoms with E-state index in [9.17, 15) is 26.8 Å². The molecule has 1 aromatic heterocycles. The number of nitrogens with two attached hydrogens (primary N) is 1. The number of carbonyl (C=O) groups excluding carboxylic acids is 2. The van der Waals surface area contributed by atoms with E-state index in [0.29, 0.717) is 37.9 Å². The highest BCUT2D eigenvalue weighted by molar-refractivity contribution is 7.90. The Morgan fingerprint density at radius 3 is 2.43 bits per heavy atom. The fourth-order valence-corrected chi connectivity index (χ4v) is 6.23. The van der Waals surface area contributed by atoms with Gasteiger partial charge in [0, 0.05) is 56.8 Å². The topological polar surface area (TPSA) is 135 Å². The van der Waals surface area contributed by atoms with Crippen LogP contribution in [0.4, 0.5) is 19.3 Å². The van der Waals surface area contributed by atoms with E-state index in [4.69, 9.17) is 22.1 Å². The van der Waals surface area contributed by atoms with Crippen molar-refractivity contribution >= 4 is 51.5 Å². The van der Waals surface area contributed by atoms with Gasteiger partial charge in [0.2, 0.25) is 11.8 Å². The van der Waals surface area contributed by atoms with Crippen molar-refractivity contribution in [1.82, 2.24) is 14.8 Å². The van der Waals surface area contributed by atoms with Gasteiger partial charge >= 0.3 is 6.03 Å². The Kier molecular flexibility index (Phi) is 13.8. The van der Waals surface area contributed by atoms with Crippen LogP contribution in [0.3, 0.4) is 0 Å². The molecule has 0 spiro atoms. The molecular formula is C32H39Cl2F2N5O5S. The molecule has 10 nitrogen and oxygen atoms in total. The van der Waals surface area contributed by atoms with Crippen LogP contribution in [0.5, 0.6) is 11.6 Å². The predicted octanol–water partition coefficient (Wildman–Crippen LogP) is 6.35. The fourth-order valence-electron chi connectivity index (χ4n) is 5.30. The third-order valence-corrected chi connectivity index (χ3v) is 9.16. The number of amides is 3. The van der Waals surface area contributed by atoms with E-state index < -0.39 is 39.8 Å². The summed E-state index contributed by atoms with van der Waals surface area (Å²) in [5.74, 6) is -1.99. The van der Waals surface area contributed by atoms with Gasteiger partial charge in [0.25, 0.3) is 0 Å². The number of nitrogens with one attached hydrogen (secondary N) is 1. The monoisotopic (exact) mass is 713 g/mol. The molecule has 0 radical (unpaired) electrons. The molecule has 1 fully saturated rings. The number of unbranched alkanes of at least 4 members (excludes halogenated alkanes) is 2. The second kappa shape index (κ2) is 17.0. The zero-order valence-corrected chi connectivity index (χ0v) is 28.6. The summed E-state index contributed by atoms with van der Waals surface area (Å²) in [5.41, 5.74) is 5.85. The third-order valence-electron chi connectivity index (χ3n) is 7.75. The van der Waals surface area contributed by atoms with E-state index in [0.717, 1.165) is 50.2 Å². The van der Waals surface area contributed by atoms with Gasteiger partial charge in [-0.25, -0.2) is 27.0 Å². The van der Waals surface area contributed by atoms with Crippen molar-refractivity contribution in [3.05, 3.63) is 76.4 Å². The van der Waals surface area contributed by atoms with Gasteiger partial charge in [-0.05, 0) is 54.7 Å². The molecule has 0 saturated carbocycles. The van der Waals surface area contributed by atoms with Crippen molar-refractivity contribution in [3.63, 3.8) is 0 Å². The second-order valence-electron chi connectivity index (χ2n) is 11.4. The summed E-state index contributed by atoms with van der Waals surface area (Å²) >= 11 is 6.21. The molecule has 1 aliphatic rings. The number of sulfone groups is 1. The average Bonchev–Trinajstić information content (AvgIpc) is 2.99. The summed E-state index contributed by atoms with van der Waals surface area (Å²) in [6.07, 6.45) is 6.49. The van der Waals surface area contributed by atoms with E-state index in [1.807, 2.05) is 6.07 Å². The minimum absolute atomic E-state index is 0. The molecule has 4 rings (SSSR count). The summed E-state index contributed by atoms with van der Waals surface area (Å²) in [4.78, 5) is 33.1. The summed E-state index contributed by atoms with van der Waals surface area (Å²) < 4.78 is 57.9. The number of anilines is 1. The smallest absolute Gasteiger partial charge is 0.322 e. The van der Waals surface area contributed by atoms with Crippen molar-refractivity contribution in [2.75, 3.05) is 31.2 Å². The van der Waals surface area contributed by atoms with Crippen molar-refractivity contribution in [1.29, 1.82) is 0 Å². The van der Waals surface area contributed by atoms with E-state index in [-0.39, 0.29) is 45.4 Å². The first-order valence-electron chi connectivity index (χ1n) is 15.0. The molecule has 47 heavy (non-hydrogen) atoms. The number of aromatic nitrogens is 1. The SMILES string of the molecule is CCCCCN(C(=O)Nc1cc(CC(N)=O)c(F)cc1F)C1CCN(Cc2ccc(Oc3ccc(S(C)(=O)=O)cc3Cl)nc2)CC1.Cl. The van der Waals surface area contributed by atoms with Crippen LogP contribution >= 0.6 is 24.0 Å². The zero-order chi connectivity index (χ0) is 33.4. The van der Waals surface area contributed by atoms with Gasteiger partial charge in [-0.3, -0.25) is 9.69 Å². The van der Waals surface area contributed by atoms with Crippen LogP contribution in [0.2, 0.25) is 5.02 Å². The molecule has 256 valence electrons. The van der Waals surface area contributed by atoms with Crippen LogP contribution in [0.25, 0.3) is 0 Å². The van der Waals surface area contributed by atoms with Gasteiger partial charge in [-0.2, -0.15) is 0 Å². The van der Waals surface area contributed by atoms with Gasteiger partial charge in [-0.1, -0.05) is 37.4 Å². The molecule has 2 aromatic carbocycles. The van der Waals surface area contributed by atoms with E-state index in [1.54, 1.807) is 17.2 Å². The lowest BCUT2D eigenvalue weighted by Crippen LogP contribution is -2.49. The molecule has 0 aliphatic carbocycles. The lowest BCUT2D eigenvalue weighted by Gasteiger charge is -2.38. The number of urea groups is 1. The fraction of sp³-hybridized carbons (Fsp3) is 0.406. The van der Waals surface area contributed by atoms with Crippen LogP contribution < -0.4 is 15.8 Å². The number of hydrogen-bond donors (Lipinski definition) is 2. The minimum atomic E-state index is -3.39. The number of halogens is 4. The number of hydrogen-bond acceptors (Lipinski definition) is 7. The van der Waals surface area contributed by atoms with E-state index in [1.165, 1.54) is 18.2 Å². The minimum Gasteiger partial charge on any atom is -0.437 e. The van der Waals surface area contributed by atoms with Crippen LogP contribution in [0.1, 0.15) is 50.2 Å². The number of piperidine rings is 1. The maximum atomic E-state index is 14.6. The Morgan fingerprint density at radius 2 is 1.83 bits per heavy atom. The Balaban J connectivity index is 0.00000600. The molecule has 3 N–H and O–H groups in total. The molecule has 3 aromatic rings. The number of carbonyl (C=O) groups is 2. The van der Waals surface area contributed by atoms with Crippen molar-refractivity contribution in [2.24, 2.45) is 5.73 Å². The molecule has 0 bridgehead atoms. The number of rotatable bonds is 13. The largest absolute Gasteiger partial charge is 0.437 e. The normalized spacial score (nSPS) is 13.9. The van der Waals surface area contributed by atoms with Crippen LogP contribution in [-0.2, 0) is 27.6 Å². The Morgan fingerprint density at radius 1 is 1.11 bits per heavy atom.